The van der Waals surface area contributed by atoms with Crippen LogP contribution >= 0.6 is 11.3 Å². The van der Waals surface area contributed by atoms with Crippen molar-refractivity contribution in [3.63, 3.8) is 0 Å². The number of thiophene rings is 1. The molecule has 16 heavy (non-hydrogen) atoms. The molecule has 0 atom stereocenters. The van der Waals surface area contributed by atoms with Gasteiger partial charge in [-0.1, -0.05) is 12.1 Å². The third-order valence-corrected chi connectivity index (χ3v) is 2.90. The Kier molecular flexibility index (Phi) is 3.22. The highest BCUT2D eigenvalue weighted by atomic mass is 32.1. The molecule has 0 aliphatic rings. The van der Waals surface area contributed by atoms with Crippen molar-refractivity contribution in [2.45, 2.75) is 6.54 Å². The van der Waals surface area contributed by atoms with Gasteiger partial charge in [0.2, 0.25) is 0 Å². The maximum atomic E-state index is 11.6. The molecule has 0 radical (unpaired) electrons. The Morgan fingerprint density at radius 2 is 2.00 bits per heavy atom. The number of carbonyl (C=O) groups excluding carboxylic acids is 1. The third-order valence-electron chi connectivity index (χ3n) is 2.22. The van der Waals surface area contributed by atoms with Crippen molar-refractivity contribution in [2.24, 2.45) is 0 Å². The molecule has 0 bridgehead atoms. The van der Waals surface area contributed by atoms with Crippen LogP contribution in [-0.4, -0.2) is 5.91 Å². The fourth-order valence-corrected chi connectivity index (χ4v) is 1.95. The van der Waals surface area contributed by atoms with Crippen LogP contribution in [0.25, 0.3) is 0 Å². The highest BCUT2D eigenvalue weighted by Crippen LogP contribution is 2.07. The van der Waals surface area contributed by atoms with Crippen molar-refractivity contribution < 1.29 is 4.79 Å². The second-order valence-electron chi connectivity index (χ2n) is 3.44. The Morgan fingerprint density at radius 3 is 2.62 bits per heavy atom. The van der Waals surface area contributed by atoms with E-state index in [1.807, 2.05) is 41.1 Å². The number of rotatable bonds is 3. The van der Waals surface area contributed by atoms with Gasteiger partial charge in [0.05, 0.1) is 0 Å². The van der Waals surface area contributed by atoms with E-state index in [2.05, 4.69) is 5.32 Å². The lowest BCUT2D eigenvalue weighted by Gasteiger charge is -2.04. The first-order chi connectivity index (χ1) is 7.75. The summed E-state index contributed by atoms with van der Waals surface area (Å²) < 4.78 is 0. The number of nitrogen functional groups attached to an aromatic ring is 1. The number of amides is 1. The van der Waals surface area contributed by atoms with Crippen molar-refractivity contribution in [3.05, 3.63) is 52.2 Å². The molecule has 1 aromatic carbocycles. The highest BCUT2D eigenvalue weighted by Gasteiger charge is 2.04. The van der Waals surface area contributed by atoms with Gasteiger partial charge in [-0.2, -0.15) is 11.3 Å². The van der Waals surface area contributed by atoms with E-state index in [0.29, 0.717) is 12.1 Å². The minimum absolute atomic E-state index is 0.0434. The van der Waals surface area contributed by atoms with Crippen molar-refractivity contribution >= 4 is 22.9 Å². The molecule has 0 unspecified atom stereocenters. The summed E-state index contributed by atoms with van der Waals surface area (Å²) in [4.78, 5) is 11.6. The Balaban J connectivity index is 1.93. The fourth-order valence-electron chi connectivity index (χ4n) is 1.31. The topological polar surface area (TPSA) is 55.1 Å². The number of nitrogens with one attached hydrogen (secondary N) is 1. The standard InChI is InChI=1S/C12H12N2OS/c13-11-3-1-9(2-4-11)7-14-12(15)10-5-6-16-8-10/h1-6,8H,7,13H2,(H,14,15). The van der Waals surface area contributed by atoms with Gasteiger partial charge in [-0.05, 0) is 29.1 Å². The molecular weight excluding hydrogens is 220 g/mol. The normalized spacial score (nSPS) is 10.0. The molecule has 2 aromatic rings. The van der Waals surface area contributed by atoms with Gasteiger partial charge in [0, 0.05) is 23.2 Å². The number of hydrogen-bond donors (Lipinski definition) is 2. The minimum atomic E-state index is -0.0434. The molecule has 0 aliphatic heterocycles. The molecule has 0 spiro atoms. The SMILES string of the molecule is Nc1ccc(CNC(=O)c2ccsc2)cc1. The van der Waals surface area contributed by atoms with E-state index in [1.54, 1.807) is 0 Å². The quantitative estimate of drug-likeness (QED) is 0.797. The maximum Gasteiger partial charge on any atom is 0.252 e. The molecule has 0 saturated heterocycles. The van der Waals surface area contributed by atoms with Crippen LogP contribution in [0.2, 0.25) is 0 Å². The van der Waals surface area contributed by atoms with Gasteiger partial charge in [-0.15, -0.1) is 0 Å². The number of nitrogens with two attached hydrogens (primary N) is 1. The zero-order chi connectivity index (χ0) is 11.4. The largest absolute Gasteiger partial charge is 0.399 e. The predicted molar refractivity (Wildman–Crippen MR) is 66.3 cm³/mol. The molecule has 82 valence electrons. The highest BCUT2D eigenvalue weighted by molar-refractivity contribution is 7.08. The number of carbonyl (C=O) groups is 1. The van der Waals surface area contributed by atoms with Gasteiger partial charge < -0.3 is 11.1 Å². The summed E-state index contributed by atoms with van der Waals surface area (Å²) in [7, 11) is 0. The Hall–Kier alpha value is -1.81. The lowest BCUT2D eigenvalue weighted by Crippen LogP contribution is -2.22. The van der Waals surface area contributed by atoms with Gasteiger partial charge >= 0.3 is 0 Å². The summed E-state index contributed by atoms with van der Waals surface area (Å²) in [6.45, 7) is 0.523. The van der Waals surface area contributed by atoms with Crippen molar-refractivity contribution in [3.8, 4) is 0 Å². The van der Waals surface area contributed by atoms with Gasteiger partial charge in [0.15, 0.2) is 0 Å². The second-order valence-corrected chi connectivity index (χ2v) is 4.22. The molecule has 2 rings (SSSR count). The zero-order valence-electron chi connectivity index (χ0n) is 8.64. The van der Waals surface area contributed by atoms with Crippen molar-refractivity contribution in [2.75, 3.05) is 5.73 Å². The van der Waals surface area contributed by atoms with Crippen LogP contribution in [-0.2, 0) is 6.54 Å². The average molecular weight is 232 g/mol. The minimum Gasteiger partial charge on any atom is -0.399 e. The van der Waals surface area contributed by atoms with Crippen LogP contribution in [0.4, 0.5) is 5.69 Å². The van der Waals surface area contributed by atoms with E-state index in [4.69, 9.17) is 5.73 Å². The number of hydrogen-bond acceptors (Lipinski definition) is 3. The van der Waals surface area contributed by atoms with Crippen LogP contribution in [0.1, 0.15) is 15.9 Å². The lowest BCUT2D eigenvalue weighted by molar-refractivity contribution is 0.0951. The van der Waals surface area contributed by atoms with E-state index >= 15 is 0 Å². The van der Waals surface area contributed by atoms with E-state index in [1.165, 1.54) is 11.3 Å². The summed E-state index contributed by atoms with van der Waals surface area (Å²) in [6, 6.07) is 9.27. The lowest BCUT2D eigenvalue weighted by atomic mass is 10.2. The Labute approximate surface area is 97.9 Å². The van der Waals surface area contributed by atoms with Gasteiger partial charge in [0.25, 0.3) is 5.91 Å². The third kappa shape index (κ3) is 2.61. The van der Waals surface area contributed by atoms with Gasteiger partial charge in [-0.25, -0.2) is 0 Å². The van der Waals surface area contributed by atoms with Crippen molar-refractivity contribution in [1.29, 1.82) is 0 Å². The first-order valence-corrected chi connectivity index (χ1v) is 5.85. The smallest absolute Gasteiger partial charge is 0.252 e. The monoisotopic (exact) mass is 232 g/mol. The molecule has 1 amide bonds. The molecule has 0 aliphatic carbocycles. The Bertz CT molecular complexity index is 462. The first-order valence-electron chi connectivity index (χ1n) is 4.90. The first kappa shape index (κ1) is 10.7. The van der Waals surface area contributed by atoms with E-state index in [9.17, 15) is 4.79 Å². The van der Waals surface area contributed by atoms with Crippen LogP contribution in [0.15, 0.2) is 41.1 Å². The molecule has 0 fully saturated rings. The second kappa shape index (κ2) is 4.81. The molecular formula is C12H12N2OS. The number of benzene rings is 1. The predicted octanol–water partition coefficient (Wildman–Crippen LogP) is 2.26. The molecule has 3 nitrogen and oxygen atoms in total. The van der Waals surface area contributed by atoms with E-state index in [-0.39, 0.29) is 5.91 Å². The van der Waals surface area contributed by atoms with Crippen LogP contribution in [0, 0.1) is 0 Å². The van der Waals surface area contributed by atoms with Crippen LogP contribution < -0.4 is 11.1 Å². The van der Waals surface area contributed by atoms with E-state index < -0.39 is 0 Å². The number of anilines is 1. The van der Waals surface area contributed by atoms with Crippen LogP contribution in [0.3, 0.4) is 0 Å². The summed E-state index contributed by atoms with van der Waals surface area (Å²) in [5.41, 5.74) is 8.05. The van der Waals surface area contributed by atoms with Crippen molar-refractivity contribution in [1.82, 2.24) is 5.32 Å². The Morgan fingerprint density at radius 1 is 1.25 bits per heavy atom. The average Bonchev–Trinajstić information content (AvgIpc) is 2.81. The summed E-state index contributed by atoms with van der Waals surface area (Å²) in [5.74, 6) is -0.0434. The fraction of sp³-hybridized carbons (Fsp3) is 0.0833. The zero-order valence-corrected chi connectivity index (χ0v) is 9.46. The molecule has 0 saturated carbocycles. The maximum absolute atomic E-state index is 11.6. The van der Waals surface area contributed by atoms with Gasteiger partial charge in [0.1, 0.15) is 0 Å². The summed E-state index contributed by atoms with van der Waals surface area (Å²) >= 11 is 1.51. The summed E-state index contributed by atoms with van der Waals surface area (Å²) in [5, 5.41) is 6.57. The van der Waals surface area contributed by atoms with Gasteiger partial charge in [-0.3, -0.25) is 4.79 Å². The molecule has 1 aromatic heterocycles. The molecule has 3 N–H and O–H groups in total. The molecule has 1 heterocycles. The van der Waals surface area contributed by atoms with Crippen LogP contribution in [0.5, 0.6) is 0 Å². The summed E-state index contributed by atoms with van der Waals surface area (Å²) in [6.07, 6.45) is 0. The van der Waals surface area contributed by atoms with E-state index in [0.717, 1.165) is 11.3 Å². The molecule has 4 heteroatoms.